The van der Waals surface area contributed by atoms with Crippen LogP contribution in [0.2, 0.25) is 0 Å². The average molecular weight is 368 g/mol. The molecule has 0 spiro atoms. The molecule has 4 rings (SSSR count). The van der Waals surface area contributed by atoms with Crippen molar-refractivity contribution in [3.05, 3.63) is 36.0 Å². The fraction of sp³-hybridized carbons (Fsp3) is 0.188. The highest BCUT2D eigenvalue weighted by Gasteiger charge is 2.24. The van der Waals surface area contributed by atoms with Gasteiger partial charge >= 0.3 is 6.09 Å². The van der Waals surface area contributed by atoms with E-state index < -0.39 is 12.0 Å². The van der Waals surface area contributed by atoms with Crippen molar-refractivity contribution in [1.29, 1.82) is 0 Å². The van der Waals surface area contributed by atoms with Crippen LogP contribution in [0.3, 0.4) is 0 Å². The first-order chi connectivity index (χ1) is 13.1. The summed E-state index contributed by atoms with van der Waals surface area (Å²) in [6.07, 6.45) is 0.940. The Hall–Kier alpha value is -3.89. The highest BCUT2D eigenvalue weighted by atomic mass is 16.6. The van der Waals surface area contributed by atoms with Gasteiger partial charge in [0, 0.05) is 13.1 Å². The van der Waals surface area contributed by atoms with Crippen LogP contribution in [0.5, 0.6) is 0 Å². The van der Waals surface area contributed by atoms with Crippen LogP contribution < -0.4 is 21.3 Å². The van der Waals surface area contributed by atoms with Crippen molar-refractivity contribution >= 4 is 40.9 Å². The predicted molar refractivity (Wildman–Crippen MR) is 97.3 cm³/mol. The maximum atomic E-state index is 11.7. The summed E-state index contributed by atoms with van der Waals surface area (Å²) in [4.78, 5) is 33.6. The predicted octanol–water partition coefficient (Wildman–Crippen LogP) is 0.965. The van der Waals surface area contributed by atoms with Gasteiger partial charge in [0.1, 0.15) is 35.4 Å². The Balaban J connectivity index is 1.70. The second kappa shape index (κ2) is 6.44. The molecule has 27 heavy (non-hydrogen) atoms. The lowest BCUT2D eigenvalue weighted by Crippen LogP contribution is -2.24. The number of carbonyl (C=O) groups is 2. The van der Waals surface area contributed by atoms with Gasteiger partial charge in [-0.15, -0.1) is 0 Å². The van der Waals surface area contributed by atoms with Gasteiger partial charge in [-0.2, -0.15) is 9.61 Å². The van der Waals surface area contributed by atoms with Crippen molar-refractivity contribution in [2.75, 3.05) is 35.7 Å². The molecule has 1 aliphatic heterocycles. The molecule has 0 bridgehead atoms. The molecule has 4 N–H and O–H groups in total. The third kappa shape index (κ3) is 2.94. The number of nitrogens with zero attached hydrogens (tertiary/aromatic N) is 5. The molecule has 11 heteroatoms. The van der Waals surface area contributed by atoms with Crippen LogP contribution in [-0.4, -0.2) is 51.8 Å². The standard InChI is InChI=1S/C16H16N8O3/c1-18-13-7-11(22-15-9(14(17)25)8-19-24(13)15)20-10-3-2-4-12(21-10)23-5-6-27-16(23)26/h2-4,7-8,18H,5-6H2,1H3,(H2,17,25)(H,20,21,22). The number of carbonyl (C=O) groups excluding carboxylic acids is 2. The smallest absolute Gasteiger partial charge is 0.415 e. The van der Waals surface area contributed by atoms with E-state index >= 15 is 0 Å². The fourth-order valence-electron chi connectivity index (χ4n) is 2.75. The van der Waals surface area contributed by atoms with Gasteiger partial charge in [-0.1, -0.05) is 6.07 Å². The third-order valence-corrected chi connectivity index (χ3v) is 4.02. The Morgan fingerprint density at radius 2 is 2.15 bits per heavy atom. The Morgan fingerprint density at radius 3 is 2.85 bits per heavy atom. The van der Waals surface area contributed by atoms with E-state index in [1.807, 2.05) is 0 Å². The largest absolute Gasteiger partial charge is 0.447 e. The highest BCUT2D eigenvalue weighted by Crippen LogP contribution is 2.23. The van der Waals surface area contributed by atoms with Crippen LogP contribution in [0.15, 0.2) is 30.5 Å². The van der Waals surface area contributed by atoms with Crippen molar-refractivity contribution < 1.29 is 14.3 Å². The number of hydrogen-bond donors (Lipinski definition) is 3. The molecule has 11 nitrogen and oxygen atoms in total. The lowest BCUT2D eigenvalue weighted by Gasteiger charge is -2.13. The summed E-state index contributed by atoms with van der Waals surface area (Å²) in [5.41, 5.74) is 5.91. The molecule has 0 aliphatic carbocycles. The normalized spacial score (nSPS) is 13.7. The zero-order valence-electron chi connectivity index (χ0n) is 14.3. The monoisotopic (exact) mass is 368 g/mol. The third-order valence-electron chi connectivity index (χ3n) is 4.02. The van der Waals surface area contributed by atoms with Crippen LogP contribution in [0.1, 0.15) is 10.4 Å². The summed E-state index contributed by atoms with van der Waals surface area (Å²) in [6, 6.07) is 6.93. The van der Waals surface area contributed by atoms with E-state index in [4.69, 9.17) is 10.5 Å². The minimum Gasteiger partial charge on any atom is -0.447 e. The summed E-state index contributed by atoms with van der Waals surface area (Å²) in [5, 5.41) is 10.2. The number of nitrogens with one attached hydrogen (secondary N) is 2. The lowest BCUT2D eigenvalue weighted by molar-refractivity contribution is 0.100. The SMILES string of the molecule is CNc1cc(Nc2cccc(N3CCOC3=O)n2)nc2c(C(N)=O)cnn12. The van der Waals surface area contributed by atoms with Gasteiger partial charge < -0.3 is 21.1 Å². The first-order valence-corrected chi connectivity index (χ1v) is 8.11. The van der Waals surface area contributed by atoms with Crippen LogP contribution >= 0.6 is 0 Å². The molecule has 2 amide bonds. The topological polar surface area (TPSA) is 140 Å². The van der Waals surface area contributed by atoms with Crippen LogP contribution in [-0.2, 0) is 4.74 Å². The second-order valence-electron chi connectivity index (χ2n) is 5.71. The van der Waals surface area contributed by atoms with Crippen molar-refractivity contribution in [3.8, 4) is 0 Å². The molecule has 1 saturated heterocycles. The Kier molecular flexibility index (Phi) is 3.95. The molecule has 0 unspecified atom stereocenters. The summed E-state index contributed by atoms with van der Waals surface area (Å²) in [7, 11) is 1.72. The van der Waals surface area contributed by atoms with Gasteiger partial charge in [0.25, 0.3) is 5.91 Å². The molecule has 0 saturated carbocycles. The Labute approximate surface area is 153 Å². The Bertz CT molecular complexity index is 1050. The molecule has 0 atom stereocenters. The lowest BCUT2D eigenvalue weighted by atomic mass is 10.3. The number of hydrogen-bond acceptors (Lipinski definition) is 8. The highest BCUT2D eigenvalue weighted by molar-refractivity contribution is 5.99. The van der Waals surface area contributed by atoms with Gasteiger partial charge in [-0.25, -0.2) is 14.8 Å². The Morgan fingerprint density at radius 1 is 1.30 bits per heavy atom. The summed E-state index contributed by atoms with van der Waals surface area (Å²) >= 11 is 0. The number of ether oxygens (including phenoxy) is 1. The van der Waals surface area contributed by atoms with Crippen LogP contribution in [0, 0.1) is 0 Å². The molecular formula is C16H16N8O3. The van der Waals surface area contributed by atoms with E-state index in [2.05, 4.69) is 25.7 Å². The summed E-state index contributed by atoms with van der Waals surface area (Å²) in [6.45, 7) is 0.778. The number of primary amides is 1. The molecule has 0 aromatic carbocycles. The van der Waals surface area contributed by atoms with Crippen molar-refractivity contribution in [2.24, 2.45) is 5.73 Å². The fourth-order valence-corrected chi connectivity index (χ4v) is 2.75. The van der Waals surface area contributed by atoms with E-state index in [1.165, 1.54) is 15.6 Å². The molecule has 3 aromatic heterocycles. The molecule has 4 heterocycles. The van der Waals surface area contributed by atoms with Crippen molar-refractivity contribution in [2.45, 2.75) is 0 Å². The van der Waals surface area contributed by atoms with Gasteiger partial charge in [-0.3, -0.25) is 9.69 Å². The average Bonchev–Trinajstić information content (AvgIpc) is 3.27. The van der Waals surface area contributed by atoms with Crippen LogP contribution in [0.4, 0.5) is 28.1 Å². The van der Waals surface area contributed by atoms with E-state index in [1.54, 1.807) is 31.3 Å². The minimum atomic E-state index is -0.621. The number of anilines is 4. The number of pyridine rings is 1. The quantitative estimate of drug-likeness (QED) is 0.605. The number of cyclic esters (lactones) is 1. The summed E-state index contributed by atoms with van der Waals surface area (Å²) in [5.74, 6) is 1.37. The summed E-state index contributed by atoms with van der Waals surface area (Å²) < 4.78 is 6.42. The minimum absolute atomic E-state index is 0.205. The van der Waals surface area contributed by atoms with Crippen molar-refractivity contribution in [1.82, 2.24) is 19.6 Å². The van der Waals surface area contributed by atoms with E-state index in [9.17, 15) is 9.59 Å². The van der Waals surface area contributed by atoms with Gasteiger partial charge in [0.05, 0.1) is 12.7 Å². The first kappa shape index (κ1) is 16.6. The number of aromatic nitrogens is 4. The van der Waals surface area contributed by atoms with E-state index in [0.29, 0.717) is 42.1 Å². The molecular weight excluding hydrogens is 352 g/mol. The molecule has 1 aliphatic rings. The maximum Gasteiger partial charge on any atom is 0.415 e. The molecule has 0 radical (unpaired) electrons. The second-order valence-corrected chi connectivity index (χ2v) is 5.71. The molecule has 1 fully saturated rings. The molecule has 138 valence electrons. The number of fused-ring (bicyclic) bond motifs is 1. The maximum absolute atomic E-state index is 11.7. The zero-order valence-corrected chi connectivity index (χ0v) is 14.3. The van der Waals surface area contributed by atoms with Gasteiger partial charge in [0.2, 0.25) is 0 Å². The van der Waals surface area contributed by atoms with Crippen molar-refractivity contribution in [3.63, 3.8) is 0 Å². The molecule has 3 aromatic rings. The number of rotatable bonds is 5. The van der Waals surface area contributed by atoms with Gasteiger partial charge in [0.15, 0.2) is 5.65 Å². The first-order valence-electron chi connectivity index (χ1n) is 8.11. The number of amides is 2. The zero-order chi connectivity index (χ0) is 19.0. The van der Waals surface area contributed by atoms with E-state index in [0.717, 1.165) is 0 Å². The van der Waals surface area contributed by atoms with E-state index in [-0.39, 0.29) is 5.56 Å². The van der Waals surface area contributed by atoms with Gasteiger partial charge in [-0.05, 0) is 12.1 Å². The number of nitrogens with two attached hydrogens (primary N) is 1. The van der Waals surface area contributed by atoms with Crippen LogP contribution in [0.25, 0.3) is 5.65 Å².